The zero-order chi connectivity index (χ0) is 17.9. The third-order valence-electron chi connectivity index (χ3n) is 4.43. The zero-order valence-corrected chi connectivity index (χ0v) is 14.9. The zero-order valence-electron chi connectivity index (χ0n) is 14.1. The summed E-state index contributed by atoms with van der Waals surface area (Å²) in [6.07, 6.45) is 0.416. The van der Waals surface area contributed by atoms with E-state index in [4.69, 9.17) is 9.47 Å². The number of benzene rings is 1. The van der Waals surface area contributed by atoms with Gasteiger partial charge in [0.25, 0.3) is 0 Å². The molecule has 8 heteroatoms. The predicted octanol–water partition coefficient (Wildman–Crippen LogP) is 2.33. The van der Waals surface area contributed by atoms with E-state index in [1.54, 1.807) is 16.2 Å². The monoisotopic (exact) mass is 373 g/mol. The standard InChI is InChI=1S/C18H19N3O4S/c22-17-6-12(8-19-18(23)20-9-14-2-1-5-26-14)10-21(17)13-3-4-15-16(7-13)25-11-24-15/h1-5,7,12H,6,8-11H2,(H2,19,20,23). The van der Waals surface area contributed by atoms with Gasteiger partial charge in [0.15, 0.2) is 11.5 Å². The molecule has 0 spiro atoms. The number of nitrogens with one attached hydrogen (secondary N) is 2. The summed E-state index contributed by atoms with van der Waals surface area (Å²) in [5.41, 5.74) is 0.795. The highest BCUT2D eigenvalue weighted by atomic mass is 32.1. The highest BCUT2D eigenvalue weighted by Gasteiger charge is 2.31. The van der Waals surface area contributed by atoms with Crippen LogP contribution in [0.3, 0.4) is 0 Å². The summed E-state index contributed by atoms with van der Waals surface area (Å²) in [6.45, 7) is 1.75. The van der Waals surface area contributed by atoms with Gasteiger partial charge in [0.2, 0.25) is 12.7 Å². The smallest absolute Gasteiger partial charge is 0.315 e. The molecule has 1 saturated heterocycles. The summed E-state index contributed by atoms with van der Waals surface area (Å²) < 4.78 is 10.7. The fraction of sp³-hybridized carbons (Fsp3) is 0.333. The molecule has 2 aliphatic heterocycles. The molecule has 0 aliphatic carbocycles. The van der Waals surface area contributed by atoms with Crippen LogP contribution in [0.2, 0.25) is 0 Å². The summed E-state index contributed by atoms with van der Waals surface area (Å²) in [5.74, 6) is 1.49. The molecule has 3 heterocycles. The van der Waals surface area contributed by atoms with Gasteiger partial charge in [0, 0.05) is 42.1 Å². The second-order valence-electron chi connectivity index (χ2n) is 6.25. The van der Waals surface area contributed by atoms with Gasteiger partial charge in [-0.05, 0) is 23.6 Å². The van der Waals surface area contributed by atoms with Gasteiger partial charge in [0.05, 0.1) is 6.54 Å². The van der Waals surface area contributed by atoms with Crippen molar-refractivity contribution in [3.63, 3.8) is 0 Å². The minimum atomic E-state index is -0.215. The summed E-state index contributed by atoms with van der Waals surface area (Å²) in [6, 6.07) is 9.21. The first-order valence-corrected chi connectivity index (χ1v) is 9.31. The van der Waals surface area contributed by atoms with Crippen LogP contribution >= 0.6 is 11.3 Å². The SMILES string of the molecule is O=C(NCc1cccs1)NCC1CC(=O)N(c2ccc3c(c2)OCO3)C1. The van der Waals surface area contributed by atoms with Gasteiger partial charge in [-0.25, -0.2) is 4.79 Å². The molecule has 0 radical (unpaired) electrons. The van der Waals surface area contributed by atoms with Crippen LogP contribution in [0.5, 0.6) is 11.5 Å². The number of hydrogen-bond donors (Lipinski definition) is 2. The molecule has 2 aliphatic rings. The van der Waals surface area contributed by atoms with Crippen molar-refractivity contribution < 1.29 is 19.1 Å². The van der Waals surface area contributed by atoms with Gasteiger partial charge < -0.3 is 25.0 Å². The van der Waals surface area contributed by atoms with Crippen molar-refractivity contribution in [1.82, 2.24) is 10.6 Å². The van der Waals surface area contributed by atoms with Gasteiger partial charge in [-0.2, -0.15) is 0 Å². The topological polar surface area (TPSA) is 79.9 Å². The Labute approximate surface area is 154 Å². The predicted molar refractivity (Wildman–Crippen MR) is 97.6 cm³/mol. The van der Waals surface area contributed by atoms with Crippen LogP contribution in [-0.4, -0.2) is 31.8 Å². The Morgan fingerprint density at radius 1 is 1.23 bits per heavy atom. The Hall–Kier alpha value is -2.74. The van der Waals surface area contributed by atoms with Crippen molar-refractivity contribution in [2.45, 2.75) is 13.0 Å². The lowest BCUT2D eigenvalue weighted by Gasteiger charge is -2.17. The Morgan fingerprint density at radius 3 is 2.96 bits per heavy atom. The van der Waals surface area contributed by atoms with Crippen LogP contribution in [0.25, 0.3) is 0 Å². The van der Waals surface area contributed by atoms with E-state index in [9.17, 15) is 9.59 Å². The number of amides is 3. The van der Waals surface area contributed by atoms with Crippen LogP contribution in [0.15, 0.2) is 35.7 Å². The number of anilines is 1. The molecular formula is C18H19N3O4S. The average molecular weight is 373 g/mol. The molecule has 0 saturated carbocycles. The number of carbonyl (C=O) groups is 2. The van der Waals surface area contributed by atoms with E-state index >= 15 is 0 Å². The Bertz CT molecular complexity index is 809. The summed E-state index contributed by atoms with van der Waals surface area (Å²) in [5, 5.41) is 7.65. The highest BCUT2D eigenvalue weighted by Crippen LogP contribution is 2.37. The molecule has 1 fully saturated rings. The largest absolute Gasteiger partial charge is 0.454 e. The number of thiophene rings is 1. The van der Waals surface area contributed by atoms with Crippen molar-refractivity contribution in [2.75, 3.05) is 24.8 Å². The number of rotatable bonds is 5. The lowest BCUT2D eigenvalue weighted by atomic mass is 10.1. The minimum absolute atomic E-state index is 0.0506. The summed E-state index contributed by atoms with van der Waals surface area (Å²) in [7, 11) is 0. The molecule has 0 bridgehead atoms. The van der Waals surface area contributed by atoms with E-state index in [0.29, 0.717) is 37.6 Å². The Morgan fingerprint density at radius 2 is 2.12 bits per heavy atom. The summed E-state index contributed by atoms with van der Waals surface area (Å²) in [4.78, 5) is 27.1. The Kier molecular flexibility index (Phi) is 4.66. The first kappa shape index (κ1) is 16.7. The molecule has 4 rings (SSSR count). The maximum Gasteiger partial charge on any atom is 0.315 e. The van der Waals surface area contributed by atoms with Crippen LogP contribution < -0.4 is 25.0 Å². The van der Waals surface area contributed by atoms with Crippen molar-refractivity contribution in [1.29, 1.82) is 0 Å². The van der Waals surface area contributed by atoms with Crippen LogP contribution in [-0.2, 0) is 11.3 Å². The van der Waals surface area contributed by atoms with Crippen LogP contribution in [0, 0.1) is 5.92 Å². The summed E-state index contributed by atoms with van der Waals surface area (Å²) >= 11 is 1.60. The van der Waals surface area contributed by atoms with Crippen LogP contribution in [0.1, 0.15) is 11.3 Å². The molecule has 2 aromatic rings. The molecular weight excluding hydrogens is 354 g/mol. The van der Waals surface area contributed by atoms with E-state index in [-0.39, 0.29) is 24.6 Å². The van der Waals surface area contributed by atoms with E-state index in [1.807, 2.05) is 35.7 Å². The van der Waals surface area contributed by atoms with Gasteiger partial charge >= 0.3 is 6.03 Å². The first-order valence-electron chi connectivity index (χ1n) is 8.43. The molecule has 1 unspecified atom stereocenters. The highest BCUT2D eigenvalue weighted by molar-refractivity contribution is 7.09. The van der Waals surface area contributed by atoms with E-state index in [1.165, 1.54) is 0 Å². The minimum Gasteiger partial charge on any atom is -0.454 e. The van der Waals surface area contributed by atoms with E-state index < -0.39 is 0 Å². The third kappa shape index (κ3) is 3.60. The number of carbonyl (C=O) groups excluding carboxylic acids is 2. The lowest BCUT2D eigenvalue weighted by molar-refractivity contribution is -0.117. The molecule has 26 heavy (non-hydrogen) atoms. The van der Waals surface area contributed by atoms with Gasteiger partial charge in [-0.15, -0.1) is 11.3 Å². The maximum atomic E-state index is 12.3. The van der Waals surface area contributed by atoms with Gasteiger partial charge in [0.1, 0.15) is 0 Å². The Balaban J connectivity index is 1.28. The normalized spacial score (nSPS) is 18.2. The quantitative estimate of drug-likeness (QED) is 0.843. The number of ether oxygens (including phenoxy) is 2. The van der Waals surface area contributed by atoms with Gasteiger partial charge in [-0.1, -0.05) is 6.07 Å². The van der Waals surface area contributed by atoms with Crippen molar-refractivity contribution in [3.8, 4) is 11.5 Å². The fourth-order valence-corrected chi connectivity index (χ4v) is 3.75. The second-order valence-corrected chi connectivity index (χ2v) is 7.29. The van der Waals surface area contributed by atoms with Crippen molar-refractivity contribution >= 4 is 29.0 Å². The first-order chi connectivity index (χ1) is 12.7. The maximum absolute atomic E-state index is 12.3. The molecule has 1 atom stereocenters. The number of urea groups is 1. The number of fused-ring (bicyclic) bond motifs is 1. The third-order valence-corrected chi connectivity index (χ3v) is 5.30. The molecule has 1 aromatic heterocycles. The molecule has 2 N–H and O–H groups in total. The van der Waals surface area contributed by atoms with Crippen molar-refractivity contribution in [3.05, 3.63) is 40.6 Å². The fourth-order valence-electron chi connectivity index (χ4n) is 3.10. The lowest BCUT2D eigenvalue weighted by Crippen LogP contribution is -2.38. The van der Waals surface area contributed by atoms with Crippen molar-refractivity contribution in [2.24, 2.45) is 5.92 Å². The van der Waals surface area contributed by atoms with E-state index in [0.717, 1.165) is 10.6 Å². The average Bonchev–Trinajstić information content (AvgIpc) is 3.38. The van der Waals surface area contributed by atoms with Crippen LogP contribution in [0.4, 0.5) is 10.5 Å². The number of nitrogens with zero attached hydrogens (tertiary/aromatic N) is 1. The second kappa shape index (κ2) is 7.25. The van der Waals surface area contributed by atoms with Gasteiger partial charge in [-0.3, -0.25) is 4.79 Å². The molecule has 136 valence electrons. The molecule has 7 nitrogen and oxygen atoms in total. The molecule has 1 aromatic carbocycles. The number of hydrogen-bond acceptors (Lipinski definition) is 5. The van der Waals surface area contributed by atoms with E-state index in [2.05, 4.69) is 10.6 Å². The molecule has 3 amide bonds.